The van der Waals surface area contributed by atoms with E-state index in [1.165, 1.54) is 32.9 Å². The van der Waals surface area contributed by atoms with Crippen LogP contribution in [0.25, 0.3) is 0 Å². The van der Waals surface area contributed by atoms with E-state index in [1.807, 2.05) is 0 Å². The molecule has 0 unspecified atom stereocenters. The standard InChI is InChI=1S/C20H26N4O6S2/c1-15-19(16(2)30-21-15)32(28,29)24-13-11-22(12-14-24)20(25)17-5-7-18(8-6-17)31(26,27)23-9-3-4-10-23/h5-8H,3-4,9-14H2,1-2H3. The number of amides is 1. The number of carbonyl (C=O) groups excluding carboxylic acids is 1. The SMILES string of the molecule is Cc1noc(C)c1S(=O)(=O)N1CCN(C(=O)c2ccc(S(=O)(=O)N3CCCC3)cc2)CC1. The van der Waals surface area contributed by atoms with Gasteiger partial charge in [-0.2, -0.15) is 8.61 Å². The van der Waals surface area contributed by atoms with Gasteiger partial charge in [0.15, 0.2) is 5.76 Å². The van der Waals surface area contributed by atoms with Gasteiger partial charge >= 0.3 is 0 Å². The Hall–Kier alpha value is -2.28. The lowest BCUT2D eigenvalue weighted by molar-refractivity contribution is 0.0697. The first-order valence-electron chi connectivity index (χ1n) is 10.4. The summed E-state index contributed by atoms with van der Waals surface area (Å²) in [6.45, 7) is 4.94. The van der Waals surface area contributed by atoms with Crippen LogP contribution in [0.2, 0.25) is 0 Å². The molecule has 12 heteroatoms. The van der Waals surface area contributed by atoms with Crippen LogP contribution in [0.4, 0.5) is 0 Å². The van der Waals surface area contributed by atoms with Gasteiger partial charge < -0.3 is 9.42 Å². The van der Waals surface area contributed by atoms with Crippen LogP contribution in [0.15, 0.2) is 38.6 Å². The summed E-state index contributed by atoms with van der Waals surface area (Å²) in [7, 11) is -7.29. The van der Waals surface area contributed by atoms with Crippen molar-refractivity contribution in [3.8, 4) is 0 Å². The van der Waals surface area contributed by atoms with E-state index in [1.54, 1.807) is 18.7 Å². The molecule has 4 rings (SSSR count). The molecule has 0 bridgehead atoms. The fourth-order valence-electron chi connectivity index (χ4n) is 4.13. The Balaban J connectivity index is 1.42. The van der Waals surface area contributed by atoms with Crippen LogP contribution in [0, 0.1) is 13.8 Å². The molecule has 32 heavy (non-hydrogen) atoms. The number of hydrogen-bond acceptors (Lipinski definition) is 7. The smallest absolute Gasteiger partial charge is 0.253 e. The second-order valence-electron chi connectivity index (χ2n) is 7.99. The van der Waals surface area contributed by atoms with E-state index in [0.29, 0.717) is 24.3 Å². The zero-order valence-electron chi connectivity index (χ0n) is 18.0. The molecule has 1 aromatic heterocycles. The number of aromatic nitrogens is 1. The first-order chi connectivity index (χ1) is 15.1. The van der Waals surface area contributed by atoms with Crippen LogP contribution >= 0.6 is 0 Å². The quantitative estimate of drug-likeness (QED) is 0.628. The summed E-state index contributed by atoms with van der Waals surface area (Å²) in [5.74, 6) is -0.0190. The maximum absolute atomic E-state index is 12.9. The van der Waals surface area contributed by atoms with Crippen molar-refractivity contribution in [1.82, 2.24) is 18.7 Å². The monoisotopic (exact) mass is 482 g/mol. The predicted octanol–water partition coefficient (Wildman–Crippen LogP) is 1.22. The lowest BCUT2D eigenvalue weighted by Gasteiger charge is -2.34. The van der Waals surface area contributed by atoms with E-state index in [9.17, 15) is 21.6 Å². The van der Waals surface area contributed by atoms with Crippen LogP contribution < -0.4 is 0 Å². The highest BCUT2D eigenvalue weighted by Gasteiger charge is 2.34. The number of carbonyl (C=O) groups is 1. The van der Waals surface area contributed by atoms with Gasteiger partial charge in [-0.25, -0.2) is 16.8 Å². The number of hydrogen-bond donors (Lipinski definition) is 0. The number of nitrogens with zero attached hydrogens (tertiary/aromatic N) is 4. The third kappa shape index (κ3) is 4.07. The number of benzene rings is 1. The molecule has 0 radical (unpaired) electrons. The average molecular weight is 483 g/mol. The highest BCUT2D eigenvalue weighted by atomic mass is 32.2. The van der Waals surface area contributed by atoms with Crippen molar-refractivity contribution in [2.45, 2.75) is 36.5 Å². The van der Waals surface area contributed by atoms with Gasteiger partial charge in [-0.3, -0.25) is 4.79 Å². The predicted molar refractivity (Wildman–Crippen MR) is 115 cm³/mol. The van der Waals surface area contributed by atoms with Gasteiger partial charge in [-0.1, -0.05) is 5.16 Å². The fraction of sp³-hybridized carbons (Fsp3) is 0.500. The van der Waals surface area contributed by atoms with Gasteiger partial charge in [0, 0.05) is 44.8 Å². The molecule has 2 aromatic rings. The zero-order chi connectivity index (χ0) is 23.1. The number of rotatable bonds is 5. The Morgan fingerprint density at radius 1 is 0.844 bits per heavy atom. The Bertz CT molecular complexity index is 1190. The number of piperazine rings is 1. The summed E-state index contributed by atoms with van der Waals surface area (Å²) in [5.41, 5.74) is 0.678. The minimum absolute atomic E-state index is 0.0760. The molecular weight excluding hydrogens is 456 g/mol. The fourth-order valence-corrected chi connectivity index (χ4v) is 7.36. The molecule has 2 fully saturated rings. The van der Waals surface area contributed by atoms with Crippen molar-refractivity contribution in [2.75, 3.05) is 39.3 Å². The molecule has 0 spiro atoms. The van der Waals surface area contributed by atoms with Gasteiger partial charge in [-0.15, -0.1) is 0 Å². The minimum atomic E-state index is -3.76. The second kappa shape index (κ2) is 8.58. The molecule has 2 aliphatic rings. The van der Waals surface area contributed by atoms with Gasteiger partial charge in [0.05, 0.1) is 4.90 Å². The highest BCUT2D eigenvalue weighted by molar-refractivity contribution is 7.89. The molecule has 1 amide bonds. The first kappa shape index (κ1) is 22.9. The van der Waals surface area contributed by atoms with Crippen LogP contribution in [0.3, 0.4) is 0 Å². The maximum atomic E-state index is 12.9. The van der Waals surface area contributed by atoms with E-state index in [0.717, 1.165) is 12.8 Å². The lowest BCUT2D eigenvalue weighted by atomic mass is 10.2. The Morgan fingerprint density at radius 3 is 1.94 bits per heavy atom. The molecular formula is C20H26N4O6S2. The summed E-state index contributed by atoms with van der Waals surface area (Å²) < 4.78 is 59.0. The topological polar surface area (TPSA) is 121 Å². The Kier molecular flexibility index (Phi) is 6.14. The zero-order valence-corrected chi connectivity index (χ0v) is 19.7. The largest absolute Gasteiger partial charge is 0.360 e. The van der Waals surface area contributed by atoms with E-state index >= 15 is 0 Å². The van der Waals surface area contributed by atoms with Crippen LogP contribution in [-0.2, 0) is 20.0 Å². The van der Waals surface area contributed by atoms with Crippen molar-refractivity contribution >= 4 is 26.0 Å². The molecule has 1 aromatic carbocycles. The highest BCUT2D eigenvalue weighted by Crippen LogP contribution is 2.25. The molecule has 10 nitrogen and oxygen atoms in total. The molecule has 174 valence electrons. The Labute approximate surface area is 187 Å². The molecule has 0 N–H and O–H groups in total. The van der Waals surface area contributed by atoms with E-state index in [-0.39, 0.29) is 47.6 Å². The maximum Gasteiger partial charge on any atom is 0.253 e. The molecule has 2 saturated heterocycles. The van der Waals surface area contributed by atoms with Gasteiger partial charge in [-0.05, 0) is 51.0 Å². The van der Waals surface area contributed by atoms with Crippen LogP contribution in [0.1, 0.15) is 34.7 Å². The molecule has 0 saturated carbocycles. The van der Waals surface area contributed by atoms with Crippen LogP contribution in [-0.4, -0.2) is 80.7 Å². The normalized spacial score (nSPS) is 18.9. The van der Waals surface area contributed by atoms with Gasteiger partial charge in [0.25, 0.3) is 5.91 Å². The number of aryl methyl sites for hydroxylation is 2. The molecule has 3 heterocycles. The van der Waals surface area contributed by atoms with Crippen molar-refractivity contribution in [3.05, 3.63) is 41.3 Å². The third-order valence-corrected chi connectivity index (χ3v) is 9.95. The summed E-state index contributed by atoms with van der Waals surface area (Å²) in [4.78, 5) is 14.7. The van der Waals surface area contributed by atoms with Crippen molar-refractivity contribution < 1.29 is 26.2 Å². The van der Waals surface area contributed by atoms with Gasteiger partial charge in [0.1, 0.15) is 10.6 Å². The summed E-state index contributed by atoms with van der Waals surface area (Å²) >= 11 is 0. The van der Waals surface area contributed by atoms with Crippen molar-refractivity contribution in [2.24, 2.45) is 0 Å². The summed E-state index contributed by atoms with van der Waals surface area (Å²) in [5, 5.41) is 3.72. The number of sulfonamides is 2. The Morgan fingerprint density at radius 2 is 1.41 bits per heavy atom. The summed E-state index contributed by atoms with van der Waals surface area (Å²) in [6, 6.07) is 5.94. The molecule has 0 aliphatic carbocycles. The lowest BCUT2D eigenvalue weighted by Crippen LogP contribution is -2.50. The third-order valence-electron chi connectivity index (χ3n) is 5.90. The minimum Gasteiger partial charge on any atom is -0.360 e. The van der Waals surface area contributed by atoms with E-state index in [2.05, 4.69) is 5.16 Å². The average Bonchev–Trinajstić information content (AvgIpc) is 3.44. The van der Waals surface area contributed by atoms with E-state index < -0.39 is 20.0 Å². The van der Waals surface area contributed by atoms with Crippen LogP contribution in [0.5, 0.6) is 0 Å². The second-order valence-corrected chi connectivity index (χ2v) is 11.8. The first-order valence-corrected chi connectivity index (χ1v) is 13.3. The summed E-state index contributed by atoms with van der Waals surface area (Å²) in [6.07, 6.45) is 1.71. The molecule has 2 aliphatic heterocycles. The molecule has 0 atom stereocenters. The van der Waals surface area contributed by atoms with Crippen molar-refractivity contribution in [1.29, 1.82) is 0 Å². The van der Waals surface area contributed by atoms with Gasteiger partial charge in [0.2, 0.25) is 20.0 Å². The van der Waals surface area contributed by atoms with Crippen molar-refractivity contribution in [3.63, 3.8) is 0 Å². The van der Waals surface area contributed by atoms with E-state index in [4.69, 9.17) is 4.52 Å².